The minimum Gasteiger partial charge on any atom is -0.495 e. The van der Waals surface area contributed by atoms with Crippen molar-refractivity contribution in [1.29, 1.82) is 0 Å². The SMILES string of the molecule is C#Cc1cc2cnc(Nc3ccc(-n4cnnn4)cc3)nc2cc1OC. The summed E-state index contributed by atoms with van der Waals surface area (Å²) in [6, 6.07) is 11.2. The Morgan fingerprint density at radius 2 is 2.04 bits per heavy atom. The first kappa shape index (κ1) is 15.5. The van der Waals surface area contributed by atoms with Crippen LogP contribution >= 0.6 is 0 Å². The third kappa shape index (κ3) is 2.89. The first-order valence-corrected chi connectivity index (χ1v) is 7.68. The minimum absolute atomic E-state index is 0.475. The summed E-state index contributed by atoms with van der Waals surface area (Å²) in [5, 5.41) is 15.1. The topological polar surface area (TPSA) is 90.6 Å². The largest absolute Gasteiger partial charge is 0.495 e. The number of ether oxygens (including phenoxy) is 1. The molecule has 0 fully saturated rings. The quantitative estimate of drug-likeness (QED) is 0.569. The molecule has 0 saturated carbocycles. The fraction of sp³-hybridized carbons (Fsp3) is 0.0556. The van der Waals surface area contributed by atoms with Crippen LogP contribution in [-0.4, -0.2) is 37.3 Å². The summed E-state index contributed by atoms with van der Waals surface area (Å²) in [7, 11) is 1.58. The highest BCUT2D eigenvalue weighted by atomic mass is 16.5. The third-order valence-electron chi connectivity index (χ3n) is 3.79. The van der Waals surface area contributed by atoms with Gasteiger partial charge in [0.15, 0.2) is 0 Å². The molecule has 4 rings (SSSR count). The van der Waals surface area contributed by atoms with E-state index in [-0.39, 0.29) is 0 Å². The van der Waals surface area contributed by atoms with Gasteiger partial charge < -0.3 is 10.1 Å². The molecule has 2 aromatic carbocycles. The highest BCUT2D eigenvalue weighted by molar-refractivity contribution is 5.83. The lowest BCUT2D eigenvalue weighted by Crippen LogP contribution is -1.99. The molecule has 0 atom stereocenters. The van der Waals surface area contributed by atoms with Crippen molar-refractivity contribution in [2.45, 2.75) is 0 Å². The molecule has 0 bridgehead atoms. The van der Waals surface area contributed by atoms with Crippen LogP contribution in [0.2, 0.25) is 0 Å². The highest BCUT2D eigenvalue weighted by Crippen LogP contribution is 2.25. The molecule has 8 heteroatoms. The van der Waals surface area contributed by atoms with Crippen LogP contribution in [0.4, 0.5) is 11.6 Å². The molecule has 1 N–H and O–H groups in total. The number of nitrogens with zero attached hydrogens (tertiary/aromatic N) is 6. The standard InChI is InChI=1S/C18H13N7O/c1-3-12-8-13-10-19-18(22-16(13)9-17(12)26-2)21-14-4-6-15(7-5-14)25-11-20-23-24-25/h1,4-11H,2H3,(H,19,21,22). The predicted octanol–water partition coefficient (Wildman–Crippen LogP) is 2.34. The Morgan fingerprint density at radius 3 is 2.73 bits per heavy atom. The highest BCUT2D eigenvalue weighted by Gasteiger charge is 2.07. The number of terminal acetylenes is 1. The second-order valence-corrected chi connectivity index (χ2v) is 5.38. The molecule has 126 valence electrons. The van der Waals surface area contributed by atoms with Crippen LogP contribution < -0.4 is 10.1 Å². The van der Waals surface area contributed by atoms with E-state index < -0.39 is 0 Å². The normalized spacial score (nSPS) is 10.5. The second-order valence-electron chi connectivity index (χ2n) is 5.38. The predicted molar refractivity (Wildman–Crippen MR) is 96.5 cm³/mol. The lowest BCUT2D eigenvalue weighted by Gasteiger charge is -2.08. The number of rotatable bonds is 4. The summed E-state index contributed by atoms with van der Waals surface area (Å²) >= 11 is 0. The number of tetrazole rings is 1. The van der Waals surface area contributed by atoms with Gasteiger partial charge in [-0.2, -0.15) is 0 Å². The first-order valence-electron chi connectivity index (χ1n) is 7.68. The Hall–Kier alpha value is -3.99. The zero-order valence-electron chi connectivity index (χ0n) is 13.8. The van der Waals surface area contributed by atoms with E-state index in [4.69, 9.17) is 11.2 Å². The van der Waals surface area contributed by atoms with Crippen LogP contribution in [0.1, 0.15) is 5.56 Å². The Bertz CT molecular complexity index is 1100. The molecular formula is C18H13N7O. The van der Waals surface area contributed by atoms with Gasteiger partial charge in [-0.15, -0.1) is 11.5 Å². The van der Waals surface area contributed by atoms with E-state index in [0.717, 1.165) is 22.3 Å². The fourth-order valence-corrected chi connectivity index (χ4v) is 2.51. The molecular weight excluding hydrogens is 330 g/mol. The Labute approximate surface area is 148 Å². The summed E-state index contributed by atoms with van der Waals surface area (Å²) in [6.07, 6.45) is 8.76. The number of hydrogen-bond donors (Lipinski definition) is 1. The van der Waals surface area contributed by atoms with Gasteiger partial charge in [0.25, 0.3) is 0 Å². The zero-order valence-corrected chi connectivity index (χ0v) is 13.8. The van der Waals surface area contributed by atoms with Gasteiger partial charge in [0.05, 0.1) is 23.9 Å². The monoisotopic (exact) mass is 343 g/mol. The van der Waals surface area contributed by atoms with Crippen LogP contribution in [0.5, 0.6) is 5.75 Å². The van der Waals surface area contributed by atoms with Crippen molar-refractivity contribution in [2.75, 3.05) is 12.4 Å². The summed E-state index contributed by atoms with van der Waals surface area (Å²) in [5.74, 6) is 3.68. The van der Waals surface area contributed by atoms with Crippen LogP contribution in [0.25, 0.3) is 16.6 Å². The maximum atomic E-state index is 5.50. The first-order chi connectivity index (χ1) is 12.8. The van der Waals surface area contributed by atoms with Gasteiger partial charge >= 0.3 is 0 Å². The van der Waals surface area contributed by atoms with Gasteiger partial charge in [0.1, 0.15) is 12.1 Å². The maximum absolute atomic E-state index is 5.50. The molecule has 2 heterocycles. The summed E-state index contributed by atoms with van der Waals surface area (Å²) < 4.78 is 6.88. The zero-order chi connectivity index (χ0) is 17.9. The Morgan fingerprint density at radius 1 is 1.19 bits per heavy atom. The number of aromatic nitrogens is 6. The molecule has 26 heavy (non-hydrogen) atoms. The van der Waals surface area contributed by atoms with Crippen molar-refractivity contribution in [3.63, 3.8) is 0 Å². The van der Waals surface area contributed by atoms with Gasteiger partial charge in [-0.25, -0.2) is 14.6 Å². The summed E-state index contributed by atoms with van der Waals surface area (Å²) in [5.41, 5.74) is 3.10. The van der Waals surface area contributed by atoms with Crippen molar-refractivity contribution in [1.82, 2.24) is 30.2 Å². The smallest absolute Gasteiger partial charge is 0.227 e. The molecule has 4 aromatic rings. The van der Waals surface area contributed by atoms with Crippen molar-refractivity contribution in [2.24, 2.45) is 0 Å². The molecule has 0 aliphatic carbocycles. The second kappa shape index (κ2) is 6.49. The molecule has 0 aliphatic rings. The van der Waals surface area contributed by atoms with Crippen LogP contribution in [0, 0.1) is 12.3 Å². The molecule has 8 nitrogen and oxygen atoms in total. The third-order valence-corrected chi connectivity index (χ3v) is 3.79. The van der Waals surface area contributed by atoms with Crippen LogP contribution in [0.15, 0.2) is 48.9 Å². The Balaban J connectivity index is 1.62. The number of hydrogen-bond acceptors (Lipinski definition) is 7. The van der Waals surface area contributed by atoms with Crippen molar-refractivity contribution < 1.29 is 4.74 Å². The average molecular weight is 343 g/mol. The van der Waals surface area contributed by atoms with Gasteiger partial charge in [0.2, 0.25) is 5.95 Å². The van der Waals surface area contributed by atoms with Gasteiger partial charge in [0, 0.05) is 23.3 Å². The van der Waals surface area contributed by atoms with E-state index in [2.05, 4.69) is 36.7 Å². The van der Waals surface area contributed by atoms with Crippen LogP contribution in [-0.2, 0) is 0 Å². The van der Waals surface area contributed by atoms with E-state index >= 15 is 0 Å². The van der Waals surface area contributed by atoms with Gasteiger partial charge in [-0.1, -0.05) is 5.92 Å². The van der Waals surface area contributed by atoms with Crippen molar-refractivity contribution >= 4 is 22.5 Å². The minimum atomic E-state index is 0.475. The fourth-order valence-electron chi connectivity index (χ4n) is 2.51. The molecule has 0 aliphatic heterocycles. The molecule has 0 radical (unpaired) electrons. The van der Waals surface area contributed by atoms with E-state index in [1.165, 1.54) is 6.33 Å². The number of anilines is 2. The molecule has 0 saturated heterocycles. The van der Waals surface area contributed by atoms with Crippen LogP contribution in [0.3, 0.4) is 0 Å². The summed E-state index contributed by atoms with van der Waals surface area (Å²) in [4.78, 5) is 8.85. The molecule has 0 spiro atoms. The van der Waals surface area contributed by atoms with Crippen molar-refractivity contribution in [3.05, 3.63) is 54.5 Å². The van der Waals surface area contributed by atoms with Crippen molar-refractivity contribution in [3.8, 4) is 23.8 Å². The lowest BCUT2D eigenvalue weighted by molar-refractivity contribution is 0.414. The summed E-state index contributed by atoms with van der Waals surface area (Å²) in [6.45, 7) is 0. The Kier molecular flexibility index (Phi) is 3.88. The number of methoxy groups -OCH3 is 1. The molecule has 2 aromatic heterocycles. The van der Waals surface area contributed by atoms with Gasteiger partial charge in [-0.3, -0.25) is 0 Å². The lowest BCUT2D eigenvalue weighted by atomic mass is 10.1. The van der Waals surface area contributed by atoms with Gasteiger partial charge in [-0.05, 0) is 40.8 Å². The number of nitrogens with one attached hydrogen (secondary N) is 1. The number of fused-ring (bicyclic) bond motifs is 1. The average Bonchev–Trinajstić information content (AvgIpc) is 3.22. The molecule has 0 unspecified atom stereocenters. The van der Waals surface area contributed by atoms with E-state index in [9.17, 15) is 0 Å². The van der Waals surface area contributed by atoms with E-state index in [1.54, 1.807) is 24.1 Å². The maximum Gasteiger partial charge on any atom is 0.227 e. The van der Waals surface area contributed by atoms with E-state index in [1.807, 2.05) is 30.3 Å². The molecule has 0 amide bonds. The van der Waals surface area contributed by atoms with E-state index in [0.29, 0.717) is 17.3 Å². The number of benzene rings is 2.